The van der Waals surface area contributed by atoms with Crippen molar-refractivity contribution in [3.63, 3.8) is 0 Å². The number of rotatable bonds is 3. The van der Waals surface area contributed by atoms with Crippen LogP contribution in [-0.4, -0.2) is 10.1 Å². The lowest BCUT2D eigenvalue weighted by Gasteiger charge is -2.09. The standard InChI is InChI=1S/C14H14ClNO2/c1-9-3-4-12(15)13(7-9)18-14-8-11(10(2)17)5-6-16-14/h3-8,10,17H,1-2H3/t10-/m1/s1. The molecule has 18 heavy (non-hydrogen) atoms. The van der Waals surface area contributed by atoms with E-state index >= 15 is 0 Å². The van der Waals surface area contributed by atoms with Gasteiger partial charge in [0.25, 0.3) is 0 Å². The number of aromatic nitrogens is 1. The number of pyridine rings is 1. The summed E-state index contributed by atoms with van der Waals surface area (Å²) >= 11 is 6.05. The highest BCUT2D eigenvalue weighted by Crippen LogP contribution is 2.30. The maximum Gasteiger partial charge on any atom is 0.219 e. The summed E-state index contributed by atoms with van der Waals surface area (Å²) in [5, 5.41) is 10.0. The molecule has 1 aromatic carbocycles. The highest BCUT2D eigenvalue weighted by atomic mass is 35.5. The molecule has 1 aromatic heterocycles. The number of aryl methyl sites for hydroxylation is 1. The number of benzene rings is 1. The first-order valence-corrected chi connectivity index (χ1v) is 6.02. The van der Waals surface area contributed by atoms with Crippen molar-refractivity contribution in [3.05, 3.63) is 52.7 Å². The Kier molecular flexibility index (Phi) is 3.84. The summed E-state index contributed by atoms with van der Waals surface area (Å²) < 4.78 is 5.63. The van der Waals surface area contributed by atoms with Crippen LogP contribution in [-0.2, 0) is 0 Å². The van der Waals surface area contributed by atoms with E-state index in [0.29, 0.717) is 16.7 Å². The second-order valence-corrected chi connectivity index (χ2v) is 4.55. The number of nitrogens with zero attached hydrogens (tertiary/aromatic N) is 1. The smallest absolute Gasteiger partial charge is 0.219 e. The lowest BCUT2D eigenvalue weighted by Crippen LogP contribution is -1.94. The van der Waals surface area contributed by atoms with E-state index in [9.17, 15) is 5.11 Å². The van der Waals surface area contributed by atoms with E-state index in [0.717, 1.165) is 11.1 Å². The van der Waals surface area contributed by atoms with Crippen molar-refractivity contribution < 1.29 is 9.84 Å². The molecule has 3 nitrogen and oxygen atoms in total. The summed E-state index contributed by atoms with van der Waals surface area (Å²) in [7, 11) is 0. The van der Waals surface area contributed by atoms with Gasteiger partial charge in [0, 0.05) is 12.3 Å². The molecule has 1 atom stereocenters. The number of aliphatic hydroxyl groups excluding tert-OH is 1. The maximum absolute atomic E-state index is 9.50. The van der Waals surface area contributed by atoms with Crippen LogP contribution < -0.4 is 4.74 Å². The molecule has 0 saturated heterocycles. The minimum absolute atomic E-state index is 0.418. The van der Waals surface area contributed by atoms with Gasteiger partial charge in [-0.3, -0.25) is 0 Å². The van der Waals surface area contributed by atoms with Gasteiger partial charge < -0.3 is 9.84 Å². The number of hydrogen-bond acceptors (Lipinski definition) is 3. The molecule has 0 fully saturated rings. The Morgan fingerprint density at radius 1 is 1.28 bits per heavy atom. The Bertz CT molecular complexity index is 555. The maximum atomic E-state index is 9.50. The zero-order valence-electron chi connectivity index (χ0n) is 10.2. The van der Waals surface area contributed by atoms with Crippen LogP contribution in [0.2, 0.25) is 5.02 Å². The van der Waals surface area contributed by atoms with Gasteiger partial charge in [0.2, 0.25) is 5.88 Å². The first-order valence-electron chi connectivity index (χ1n) is 5.64. The topological polar surface area (TPSA) is 42.4 Å². The Balaban J connectivity index is 2.28. The average Bonchev–Trinajstić information content (AvgIpc) is 2.34. The van der Waals surface area contributed by atoms with E-state index in [1.165, 1.54) is 0 Å². The fraction of sp³-hybridized carbons (Fsp3) is 0.214. The quantitative estimate of drug-likeness (QED) is 0.914. The van der Waals surface area contributed by atoms with Crippen molar-refractivity contribution >= 4 is 11.6 Å². The molecule has 0 spiro atoms. The third-order valence-corrected chi connectivity index (χ3v) is 2.85. The Labute approximate surface area is 111 Å². The minimum Gasteiger partial charge on any atom is -0.437 e. The molecule has 2 rings (SSSR count). The van der Waals surface area contributed by atoms with Gasteiger partial charge in [0.05, 0.1) is 11.1 Å². The Morgan fingerprint density at radius 2 is 2.06 bits per heavy atom. The normalized spacial score (nSPS) is 12.2. The van der Waals surface area contributed by atoms with Gasteiger partial charge in [0.15, 0.2) is 0 Å². The van der Waals surface area contributed by atoms with Gasteiger partial charge in [-0.05, 0) is 43.2 Å². The van der Waals surface area contributed by atoms with Crippen molar-refractivity contribution in [2.45, 2.75) is 20.0 Å². The largest absolute Gasteiger partial charge is 0.437 e. The second-order valence-electron chi connectivity index (χ2n) is 4.14. The van der Waals surface area contributed by atoms with Crippen LogP contribution in [0, 0.1) is 6.92 Å². The van der Waals surface area contributed by atoms with Gasteiger partial charge in [0.1, 0.15) is 5.75 Å². The summed E-state index contributed by atoms with van der Waals surface area (Å²) in [4.78, 5) is 4.10. The lowest BCUT2D eigenvalue weighted by atomic mass is 10.2. The SMILES string of the molecule is Cc1ccc(Cl)c(Oc2cc([C@@H](C)O)ccn2)c1. The van der Waals surface area contributed by atoms with Crippen LogP contribution in [0.5, 0.6) is 11.6 Å². The van der Waals surface area contributed by atoms with Crippen LogP contribution in [0.3, 0.4) is 0 Å². The van der Waals surface area contributed by atoms with E-state index in [2.05, 4.69) is 4.98 Å². The Hall–Kier alpha value is -1.58. The number of halogens is 1. The highest BCUT2D eigenvalue weighted by molar-refractivity contribution is 6.32. The molecular formula is C14H14ClNO2. The first kappa shape index (κ1) is 12.9. The van der Waals surface area contributed by atoms with Gasteiger partial charge in [-0.25, -0.2) is 4.98 Å². The van der Waals surface area contributed by atoms with Gasteiger partial charge in [-0.2, -0.15) is 0 Å². The second kappa shape index (κ2) is 5.38. The average molecular weight is 264 g/mol. The molecule has 1 heterocycles. The first-order chi connectivity index (χ1) is 8.56. The molecule has 0 radical (unpaired) electrons. The van der Waals surface area contributed by atoms with Crippen LogP contribution in [0.1, 0.15) is 24.2 Å². The van der Waals surface area contributed by atoms with E-state index < -0.39 is 6.10 Å². The van der Waals surface area contributed by atoms with Crippen LogP contribution >= 0.6 is 11.6 Å². The van der Waals surface area contributed by atoms with Crippen molar-refractivity contribution in [2.75, 3.05) is 0 Å². The van der Waals surface area contributed by atoms with Crippen molar-refractivity contribution in [1.29, 1.82) is 0 Å². The lowest BCUT2D eigenvalue weighted by molar-refractivity contribution is 0.198. The highest BCUT2D eigenvalue weighted by Gasteiger charge is 2.07. The summed E-state index contributed by atoms with van der Waals surface area (Å²) in [6.45, 7) is 3.65. The number of hydrogen-bond donors (Lipinski definition) is 1. The molecule has 0 aliphatic heterocycles. The molecule has 0 bridgehead atoms. The zero-order chi connectivity index (χ0) is 13.1. The van der Waals surface area contributed by atoms with Crippen LogP contribution in [0.15, 0.2) is 36.5 Å². The molecule has 0 aliphatic rings. The summed E-state index contributed by atoms with van der Waals surface area (Å²) in [5.41, 5.74) is 1.81. The molecule has 94 valence electrons. The summed E-state index contributed by atoms with van der Waals surface area (Å²) in [6.07, 6.45) is 1.05. The molecule has 4 heteroatoms. The molecule has 1 N–H and O–H groups in total. The fourth-order valence-electron chi connectivity index (χ4n) is 1.54. The fourth-order valence-corrected chi connectivity index (χ4v) is 1.70. The molecule has 0 aliphatic carbocycles. The molecule has 0 amide bonds. The number of aliphatic hydroxyl groups is 1. The van der Waals surface area contributed by atoms with Gasteiger partial charge in [-0.15, -0.1) is 0 Å². The third-order valence-electron chi connectivity index (χ3n) is 2.54. The molecular weight excluding hydrogens is 250 g/mol. The number of ether oxygens (including phenoxy) is 1. The predicted molar refractivity (Wildman–Crippen MR) is 71.1 cm³/mol. The molecule has 0 unspecified atom stereocenters. The van der Waals surface area contributed by atoms with Crippen molar-refractivity contribution in [2.24, 2.45) is 0 Å². The summed E-state index contributed by atoms with van der Waals surface area (Å²) in [5.74, 6) is 0.979. The Morgan fingerprint density at radius 3 is 2.78 bits per heavy atom. The zero-order valence-corrected chi connectivity index (χ0v) is 11.0. The third kappa shape index (κ3) is 3.00. The van der Waals surface area contributed by atoms with E-state index in [4.69, 9.17) is 16.3 Å². The summed E-state index contributed by atoms with van der Waals surface area (Å²) in [6, 6.07) is 8.98. The van der Waals surface area contributed by atoms with Crippen molar-refractivity contribution in [3.8, 4) is 11.6 Å². The van der Waals surface area contributed by atoms with Crippen molar-refractivity contribution in [1.82, 2.24) is 4.98 Å². The van der Waals surface area contributed by atoms with Gasteiger partial charge >= 0.3 is 0 Å². The van der Waals surface area contributed by atoms with Gasteiger partial charge in [-0.1, -0.05) is 17.7 Å². The predicted octanol–water partition coefficient (Wildman–Crippen LogP) is 3.89. The van der Waals surface area contributed by atoms with Crippen LogP contribution in [0.25, 0.3) is 0 Å². The van der Waals surface area contributed by atoms with Crippen LogP contribution in [0.4, 0.5) is 0 Å². The molecule has 2 aromatic rings. The van der Waals surface area contributed by atoms with E-state index in [1.807, 2.05) is 19.1 Å². The molecule has 0 saturated carbocycles. The van der Waals surface area contributed by atoms with E-state index in [-0.39, 0.29) is 0 Å². The monoisotopic (exact) mass is 263 g/mol. The minimum atomic E-state index is -0.552. The van der Waals surface area contributed by atoms with E-state index in [1.54, 1.807) is 31.3 Å².